The Bertz CT molecular complexity index is 521. The van der Waals surface area contributed by atoms with Crippen LogP contribution in [0.3, 0.4) is 0 Å². The topological polar surface area (TPSA) is 44.1 Å². The van der Waals surface area contributed by atoms with Gasteiger partial charge in [-0.2, -0.15) is 5.10 Å². The van der Waals surface area contributed by atoms with Crippen LogP contribution in [0.1, 0.15) is 22.2 Å². The minimum Gasteiger partial charge on any atom is -0.462 e. The fourth-order valence-electron chi connectivity index (χ4n) is 1.37. The lowest BCUT2D eigenvalue weighted by molar-refractivity contribution is 0.0526. The van der Waals surface area contributed by atoms with Gasteiger partial charge >= 0.3 is 5.97 Å². The lowest BCUT2D eigenvalue weighted by atomic mass is 10.4. The summed E-state index contributed by atoms with van der Waals surface area (Å²) in [6, 6.07) is 3.79. The number of hydrogen-bond donors (Lipinski definition) is 0. The van der Waals surface area contributed by atoms with Crippen LogP contribution in [0.15, 0.2) is 24.5 Å². The molecule has 0 saturated carbocycles. The molecule has 0 saturated heterocycles. The van der Waals surface area contributed by atoms with Crippen LogP contribution in [0, 0.1) is 0 Å². The normalized spacial score (nSPS) is 10.5. The van der Waals surface area contributed by atoms with Crippen LogP contribution in [-0.4, -0.2) is 22.4 Å². The van der Waals surface area contributed by atoms with Crippen LogP contribution in [0.4, 0.5) is 0 Å². The second kappa shape index (κ2) is 5.33. The van der Waals surface area contributed by atoms with E-state index in [-0.39, 0.29) is 5.97 Å². The van der Waals surface area contributed by atoms with Crippen LogP contribution in [-0.2, 0) is 11.3 Å². The Morgan fingerprint density at radius 3 is 3.06 bits per heavy atom. The molecule has 0 aromatic carbocycles. The Morgan fingerprint density at radius 2 is 2.41 bits per heavy atom. The number of halogens is 1. The molecule has 0 amide bonds. The molecule has 17 heavy (non-hydrogen) atoms. The summed E-state index contributed by atoms with van der Waals surface area (Å²) in [4.78, 5) is 12.5. The summed E-state index contributed by atoms with van der Waals surface area (Å²) in [7, 11) is 0. The first-order valence-corrected chi connectivity index (χ1v) is 6.32. The highest BCUT2D eigenvalue weighted by molar-refractivity contribution is 7.16. The Morgan fingerprint density at radius 1 is 1.59 bits per heavy atom. The van der Waals surface area contributed by atoms with Crippen LogP contribution >= 0.6 is 22.9 Å². The van der Waals surface area contributed by atoms with E-state index >= 15 is 0 Å². The maximum absolute atomic E-state index is 11.4. The van der Waals surface area contributed by atoms with E-state index < -0.39 is 0 Å². The molecule has 0 radical (unpaired) electrons. The zero-order valence-electron chi connectivity index (χ0n) is 9.22. The summed E-state index contributed by atoms with van der Waals surface area (Å²) < 4.78 is 7.32. The number of rotatable bonds is 4. The third kappa shape index (κ3) is 3.08. The number of carbonyl (C=O) groups is 1. The fourth-order valence-corrected chi connectivity index (χ4v) is 2.45. The minimum absolute atomic E-state index is 0.344. The Hall–Kier alpha value is -1.33. The molecular formula is C11H11ClN2O2S. The molecule has 2 aromatic heterocycles. The van der Waals surface area contributed by atoms with Crippen molar-refractivity contribution < 1.29 is 9.53 Å². The van der Waals surface area contributed by atoms with Crippen molar-refractivity contribution in [2.24, 2.45) is 0 Å². The molecule has 0 atom stereocenters. The van der Waals surface area contributed by atoms with E-state index in [1.807, 2.05) is 12.1 Å². The molecule has 90 valence electrons. The van der Waals surface area contributed by atoms with Crippen molar-refractivity contribution in [3.63, 3.8) is 0 Å². The van der Waals surface area contributed by atoms with E-state index in [1.165, 1.54) is 17.5 Å². The summed E-state index contributed by atoms with van der Waals surface area (Å²) >= 11 is 7.34. The molecule has 4 nitrogen and oxygen atoms in total. The molecule has 6 heteroatoms. The van der Waals surface area contributed by atoms with Crippen LogP contribution in [0.25, 0.3) is 0 Å². The second-order valence-corrected chi connectivity index (χ2v) is 5.15. The first-order valence-electron chi connectivity index (χ1n) is 5.13. The lowest BCUT2D eigenvalue weighted by Gasteiger charge is -1.98. The predicted molar refractivity (Wildman–Crippen MR) is 66.6 cm³/mol. The zero-order valence-corrected chi connectivity index (χ0v) is 10.8. The van der Waals surface area contributed by atoms with Gasteiger partial charge in [0, 0.05) is 11.1 Å². The van der Waals surface area contributed by atoms with Crippen LogP contribution in [0.5, 0.6) is 0 Å². The summed E-state index contributed by atoms with van der Waals surface area (Å²) in [6.45, 7) is 2.75. The van der Waals surface area contributed by atoms with Gasteiger partial charge < -0.3 is 4.74 Å². The molecule has 2 heterocycles. The number of esters is 1. The highest BCUT2D eigenvalue weighted by Gasteiger charge is 2.09. The maximum Gasteiger partial charge on any atom is 0.341 e. The molecule has 0 aliphatic carbocycles. The first-order chi connectivity index (χ1) is 8.19. The van der Waals surface area contributed by atoms with E-state index in [1.54, 1.807) is 17.8 Å². The van der Waals surface area contributed by atoms with Crippen molar-refractivity contribution in [2.45, 2.75) is 13.5 Å². The van der Waals surface area contributed by atoms with Gasteiger partial charge in [0.05, 0.1) is 29.2 Å². The smallest absolute Gasteiger partial charge is 0.341 e. The second-order valence-electron chi connectivity index (χ2n) is 3.35. The largest absolute Gasteiger partial charge is 0.462 e. The molecule has 2 rings (SSSR count). The lowest BCUT2D eigenvalue weighted by Crippen LogP contribution is -2.03. The van der Waals surface area contributed by atoms with Crippen molar-refractivity contribution in [2.75, 3.05) is 6.61 Å². The van der Waals surface area contributed by atoms with Crippen LogP contribution < -0.4 is 0 Å². The van der Waals surface area contributed by atoms with Gasteiger partial charge in [-0.25, -0.2) is 4.79 Å². The van der Waals surface area contributed by atoms with Gasteiger partial charge in [0.2, 0.25) is 0 Å². The van der Waals surface area contributed by atoms with Crippen molar-refractivity contribution in [1.29, 1.82) is 0 Å². The van der Waals surface area contributed by atoms with Gasteiger partial charge in [0.25, 0.3) is 0 Å². The Labute approximate surface area is 108 Å². The molecule has 0 spiro atoms. The van der Waals surface area contributed by atoms with Crippen LogP contribution in [0.2, 0.25) is 4.34 Å². The zero-order chi connectivity index (χ0) is 12.3. The SMILES string of the molecule is CCOC(=O)c1cnn(Cc2ccc(Cl)s2)c1. The maximum atomic E-state index is 11.4. The number of ether oxygens (including phenoxy) is 1. The first kappa shape index (κ1) is 12.1. The number of aromatic nitrogens is 2. The summed E-state index contributed by atoms with van der Waals surface area (Å²) in [6.07, 6.45) is 3.18. The van der Waals surface area contributed by atoms with Gasteiger partial charge in [-0.1, -0.05) is 11.6 Å². The number of nitrogens with zero attached hydrogens (tertiary/aromatic N) is 2. The monoisotopic (exact) mass is 270 g/mol. The minimum atomic E-state index is -0.344. The summed E-state index contributed by atoms with van der Waals surface area (Å²) in [5.41, 5.74) is 0.467. The van der Waals surface area contributed by atoms with Gasteiger partial charge in [-0.3, -0.25) is 4.68 Å². The molecule has 2 aromatic rings. The van der Waals surface area contributed by atoms with E-state index in [2.05, 4.69) is 5.10 Å². The average molecular weight is 271 g/mol. The van der Waals surface area contributed by atoms with E-state index in [0.29, 0.717) is 18.7 Å². The molecule has 0 unspecified atom stereocenters. The van der Waals surface area contributed by atoms with Crippen molar-refractivity contribution in [3.05, 3.63) is 39.3 Å². The molecule has 0 fully saturated rings. The Balaban J connectivity index is 2.06. The molecule has 0 aliphatic heterocycles. The van der Waals surface area contributed by atoms with Gasteiger partial charge in [0.15, 0.2) is 0 Å². The molecule has 0 bridgehead atoms. The quantitative estimate of drug-likeness (QED) is 0.803. The summed E-state index contributed by atoms with van der Waals surface area (Å²) in [5, 5.41) is 4.10. The summed E-state index contributed by atoms with van der Waals surface area (Å²) in [5.74, 6) is -0.344. The molecule has 0 aliphatic rings. The Kier molecular flexibility index (Phi) is 3.81. The average Bonchev–Trinajstić information content (AvgIpc) is 2.89. The van der Waals surface area contributed by atoms with Crippen molar-refractivity contribution >= 4 is 28.9 Å². The van der Waals surface area contributed by atoms with E-state index in [9.17, 15) is 4.79 Å². The molecule has 0 N–H and O–H groups in total. The highest BCUT2D eigenvalue weighted by atomic mass is 35.5. The fraction of sp³-hybridized carbons (Fsp3) is 0.273. The van der Waals surface area contributed by atoms with E-state index in [4.69, 9.17) is 16.3 Å². The van der Waals surface area contributed by atoms with Crippen molar-refractivity contribution in [1.82, 2.24) is 9.78 Å². The number of thiophene rings is 1. The standard InChI is InChI=1S/C11H11ClN2O2S/c1-2-16-11(15)8-5-13-14(6-8)7-9-3-4-10(12)17-9/h3-6H,2,7H2,1H3. The van der Waals surface area contributed by atoms with Gasteiger partial charge in [-0.15, -0.1) is 11.3 Å². The third-order valence-corrected chi connectivity index (χ3v) is 3.31. The molecular weight excluding hydrogens is 260 g/mol. The number of carbonyl (C=O) groups excluding carboxylic acids is 1. The number of hydrogen-bond acceptors (Lipinski definition) is 4. The van der Waals surface area contributed by atoms with E-state index in [0.717, 1.165) is 9.21 Å². The predicted octanol–water partition coefficient (Wildman–Crippen LogP) is 2.82. The highest BCUT2D eigenvalue weighted by Crippen LogP contribution is 2.22. The van der Waals surface area contributed by atoms with Gasteiger partial charge in [0.1, 0.15) is 0 Å². The van der Waals surface area contributed by atoms with Gasteiger partial charge in [-0.05, 0) is 19.1 Å². The van der Waals surface area contributed by atoms with Crippen molar-refractivity contribution in [3.8, 4) is 0 Å². The third-order valence-electron chi connectivity index (χ3n) is 2.09.